The monoisotopic (exact) mass is 236 g/mol. The van der Waals surface area contributed by atoms with Crippen LogP contribution in [0.3, 0.4) is 0 Å². The Morgan fingerprint density at radius 2 is 1.88 bits per heavy atom. The zero-order valence-electron chi connectivity index (χ0n) is 11.2. The first-order chi connectivity index (χ1) is 7.71. The van der Waals surface area contributed by atoms with Crippen LogP contribution >= 0.6 is 0 Å². The summed E-state index contributed by atoms with van der Waals surface area (Å²) < 4.78 is 1.65. The average Bonchev–Trinajstić information content (AvgIpc) is 2.56. The van der Waals surface area contributed by atoms with Crippen LogP contribution in [0, 0.1) is 0 Å². The number of rotatable bonds is 4. The van der Waals surface area contributed by atoms with Gasteiger partial charge in [-0.3, -0.25) is 9.48 Å². The summed E-state index contributed by atoms with van der Waals surface area (Å²) in [4.78, 5) is 22.9. The van der Waals surface area contributed by atoms with Crippen molar-refractivity contribution in [1.82, 2.24) is 9.78 Å². The number of hydrogen-bond acceptors (Lipinski definition) is 3. The van der Waals surface area contributed by atoms with Crippen LogP contribution in [-0.4, -0.2) is 21.3 Å². The highest BCUT2D eigenvalue weighted by Crippen LogP contribution is 2.25. The molecule has 4 nitrogen and oxygen atoms in total. The molecule has 0 amide bonds. The lowest BCUT2D eigenvalue weighted by Gasteiger charge is -2.16. The molecule has 0 saturated carbocycles. The Morgan fingerprint density at radius 3 is 2.35 bits per heavy atom. The quantitative estimate of drug-likeness (QED) is 0.753. The van der Waals surface area contributed by atoms with E-state index in [0.29, 0.717) is 12.0 Å². The fourth-order valence-electron chi connectivity index (χ4n) is 1.67. The molecule has 0 aliphatic heterocycles. The molecule has 17 heavy (non-hydrogen) atoms. The summed E-state index contributed by atoms with van der Waals surface area (Å²) in [7, 11) is 1.80. The predicted molar refractivity (Wildman–Crippen MR) is 66.2 cm³/mol. The summed E-state index contributed by atoms with van der Waals surface area (Å²) in [6, 6.07) is 0. The van der Waals surface area contributed by atoms with Crippen molar-refractivity contribution in [3.8, 4) is 0 Å². The zero-order valence-corrected chi connectivity index (χ0v) is 11.2. The van der Waals surface area contributed by atoms with Crippen LogP contribution in [0.15, 0.2) is 6.20 Å². The third kappa shape index (κ3) is 3.51. The Balaban J connectivity index is 2.97. The second kappa shape index (κ2) is 4.82. The van der Waals surface area contributed by atoms with Gasteiger partial charge in [-0.15, -0.1) is 0 Å². The molecule has 0 N–H and O–H groups in total. The molecule has 0 atom stereocenters. The molecule has 0 saturated heterocycles. The maximum Gasteiger partial charge on any atom is 0.166 e. The van der Waals surface area contributed by atoms with Gasteiger partial charge in [-0.25, -0.2) is 0 Å². The van der Waals surface area contributed by atoms with Gasteiger partial charge in [-0.1, -0.05) is 20.8 Å². The highest BCUT2D eigenvalue weighted by Gasteiger charge is 2.25. The normalized spacial score (nSPS) is 11.6. The van der Waals surface area contributed by atoms with Crippen molar-refractivity contribution < 1.29 is 9.59 Å². The first-order valence-electron chi connectivity index (χ1n) is 5.78. The van der Waals surface area contributed by atoms with Gasteiger partial charge < -0.3 is 4.79 Å². The smallest absolute Gasteiger partial charge is 0.166 e. The molecular weight excluding hydrogens is 216 g/mol. The average molecular weight is 236 g/mol. The predicted octanol–water partition coefficient (Wildman–Crippen LogP) is 2.27. The maximum atomic E-state index is 12.0. The number of aryl methyl sites for hydroxylation is 1. The Kier molecular flexibility index (Phi) is 3.86. The van der Waals surface area contributed by atoms with E-state index in [9.17, 15) is 9.59 Å². The molecule has 0 radical (unpaired) electrons. The van der Waals surface area contributed by atoms with Crippen LogP contribution in [0.2, 0.25) is 0 Å². The molecule has 4 heteroatoms. The van der Waals surface area contributed by atoms with Gasteiger partial charge in [0.1, 0.15) is 5.78 Å². The van der Waals surface area contributed by atoms with Gasteiger partial charge in [0.25, 0.3) is 0 Å². The van der Waals surface area contributed by atoms with E-state index < -0.39 is 0 Å². The molecule has 1 aromatic heterocycles. The second-order valence-electron chi connectivity index (χ2n) is 5.44. The van der Waals surface area contributed by atoms with Crippen LogP contribution < -0.4 is 0 Å². The number of hydrogen-bond donors (Lipinski definition) is 0. The summed E-state index contributed by atoms with van der Waals surface area (Å²) in [6.07, 6.45) is 2.31. The van der Waals surface area contributed by atoms with Gasteiger partial charge in [-0.2, -0.15) is 5.10 Å². The van der Waals surface area contributed by atoms with E-state index in [1.165, 1.54) is 6.92 Å². The van der Waals surface area contributed by atoms with Crippen molar-refractivity contribution in [3.63, 3.8) is 0 Å². The molecule has 1 aromatic rings. The standard InChI is InChI=1S/C13H20N2O2/c1-9(16)6-7-11(17)10-8-15(5)14-12(10)13(2,3)4/h8H,6-7H2,1-5H3. The molecule has 94 valence electrons. The van der Waals surface area contributed by atoms with Crippen molar-refractivity contribution in [2.45, 2.75) is 46.0 Å². The van der Waals surface area contributed by atoms with Gasteiger partial charge in [-0.05, 0) is 6.92 Å². The lowest BCUT2D eigenvalue weighted by Crippen LogP contribution is -2.17. The summed E-state index contributed by atoms with van der Waals surface area (Å²) in [5.74, 6) is 0.0396. The molecule has 1 heterocycles. The summed E-state index contributed by atoms with van der Waals surface area (Å²) in [6.45, 7) is 7.58. The highest BCUT2D eigenvalue weighted by atomic mass is 16.1. The Hall–Kier alpha value is -1.45. The van der Waals surface area contributed by atoms with Crippen LogP contribution in [0.1, 0.15) is 56.6 Å². The van der Waals surface area contributed by atoms with Crippen molar-refractivity contribution >= 4 is 11.6 Å². The largest absolute Gasteiger partial charge is 0.300 e. The Morgan fingerprint density at radius 1 is 1.29 bits per heavy atom. The van der Waals surface area contributed by atoms with E-state index >= 15 is 0 Å². The van der Waals surface area contributed by atoms with Crippen molar-refractivity contribution in [2.75, 3.05) is 0 Å². The number of Topliss-reactive ketones (excluding diaryl/α,β-unsaturated/α-hetero) is 2. The highest BCUT2D eigenvalue weighted by molar-refractivity contribution is 5.99. The first kappa shape index (κ1) is 13.6. The number of aromatic nitrogens is 2. The van der Waals surface area contributed by atoms with Gasteiger partial charge in [0, 0.05) is 31.5 Å². The fraction of sp³-hybridized carbons (Fsp3) is 0.615. The molecule has 0 aliphatic carbocycles. The topological polar surface area (TPSA) is 52.0 Å². The third-order valence-corrected chi connectivity index (χ3v) is 2.54. The number of carbonyl (C=O) groups is 2. The Bertz CT molecular complexity index is 439. The van der Waals surface area contributed by atoms with Crippen molar-refractivity contribution in [3.05, 3.63) is 17.5 Å². The summed E-state index contributed by atoms with van der Waals surface area (Å²) in [5, 5.41) is 4.34. The van der Waals surface area contributed by atoms with Crippen molar-refractivity contribution in [2.24, 2.45) is 7.05 Å². The summed E-state index contributed by atoms with van der Waals surface area (Å²) in [5.41, 5.74) is 1.28. The van der Waals surface area contributed by atoms with E-state index in [1.54, 1.807) is 17.9 Å². The maximum absolute atomic E-state index is 12.0. The Labute approximate surface area is 102 Å². The number of ketones is 2. The van der Waals surface area contributed by atoms with Crippen LogP contribution in [0.25, 0.3) is 0 Å². The number of carbonyl (C=O) groups excluding carboxylic acids is 2. The van der Waals surface area contributed by atoms with E-state index in [0.717, 1.165) is 5.69 Å². The molecule has 0 fully saturated rings. The van der Waals surface area contributed by atoms with E-state index in [4.69, 9.17) is 0 Å². The molecular formula is C13H20N2O2. The van der Waals surface area contributed by atoms with Gasteiger partial charge >= 0.3 is 0 Å². The van der Waals surface area contributed by atoms with Crippen LogP contribution in [-0.2, 0) is 17.3 Å². The summed E-state index contributed by atoms with van der Waals surface area (Å²) >= 11 is 0. The van der Waals surface area contributed by atoms with E-state index in [-0.39, 0.29) is 23.4 Å². The first-order valence-corrected chi connectivity index (χ1v) is 5.78. The SMILES string of the molecule is CC(=O)CCC(=O)c1cn(C)nc1C(C)(C)C. The lowest BCUT2D eigenvalue weighted by molar-refractivity contribution is -0.116. The third-order valence-electron chi connectivity index (χ3n) is 2.54. The van der Waals surface area contributed by atoms with E-state index in [2.05, 4.69) is 5.10 Å². The zero-order chi connectivity index (χ0) is 13.2. The minimum absolute atomic E-state index is 0.00164. The molecule has 0 unspecified atom stereocenters. The molecule has 1 rings (SSSR count). The minimum atomic E-state index is -0.164. The van der Waals surface area contributed by atoms with Gasteiger partial charge in [0.15, 0.2) is 5.78 Å². The van der Waals surface area contributed by atoms with Crippen LogP contribution in [0.5, 0.6) is 0 Å². The molecule has 0 bridgehead atoms. The van der Waals surface area contributed by atoms with Crippen LogP contribution in [0.4, 0.5) is 0 Å². The van der Waals surface area contributed by atoms with Gasteiger partial charge in [0.05, 0.1) is 11.3 Å². The van der Waals surface area contributed by atoms with E-state index in [1.807, 2.05) is 20.8 Å². The minimum Gasteiger partial charge on any atom is -0.300 e. The number of nitrogens with zero attached hydrogens (tertiary/aromatic N) is 2. The van der Waals surface area contributed by atoms with Crippen molar-refractivity contribution in [1.29, 1.82) is 0 Å². The van der Waals surface area contributed by atoms with Gasteiger partial charge in [0.2, 0.25) is 0 Å². The molecule has 0 spiro atoms. The molecule has 0 aromatic carbocycles. The lowest BCUT2D eigenvalue weighted by atomic mass is 9.88. The fourth-order valence-corrected chi connectivity index (χ4v) is 1.67. The second-order valence-corrected chi connectivity index (χ2v) is 5.44. The molecule has 0 aliphatic rings.